The van der Waals surface area contributed by atoms with Crippen molar-refractivity contribution in [2.45, 2.75) is 20.8 Å². The van der Waals surface area contributed by atoms with Gasteiger partial charge in [-0.15, -0.1) is 0 Å². The average Bonchev–Trinajstić information content (AvgIpc) is 2.58. The summed E-state index contributed by atoms with van der Waals surface area (Å²) in [6, 6.07) is 11.0. The zero-order chi connectivity index (χ0) is 17.5. The summed E-state index contributed by atoms with van der Waals surface area (Å²) in [5.41, 5.74) is 6.14. The van der Waals surface area contributed by atoms with Gasteiger partial charge >= 0.3 is 0 Å². The van der Waals surface area contributed by atoms with Gasteiger partial charge in [-0.05, 0) is 67.8 Å². The van der Waals surface area contributed by atoms with Crippen molar-refractivity contribution in [3.05, 3.63) is 58.7 Å². The van der Waals surface area contributed by atoms with E-state index in [0.717, 1.165) is 16.7 Å². The van der Waals surface area contributed by atoms with Gasteiger partial charge in [0.05, 0.1) is 19.9 Å². The number of aryl methyl sites for hydroxylation is 2. The molecule has 0 aromatic heterocycles. The van der Waals surface area contributed by atoms with Gasteiger partial charge in [-0.25, -0.2) is 5.43 Å². The summed E-state index contributed by atoms with van der Waals surface area (Å²) >= 11 is 0. The van der Waals surface area contributed by atoms with Crippen LogP contribution in [0.5, 0.6) is 11.5 Å². The summed E-state index contributed by atoms with van der Waals surface area (Å²) in [4.78, 5) is 12.1. The van der Waals surface area contributed by atoms with Gasteiger partial charge in [-0.1, -0.05) is 6.07 Å². The Morgan fingerprint density at radius 2 is 1.92 bits per heavy atom. The van der Waals surface area contributed by atoms with Crippen LogP contribution in [0.15, 0.2) is 41.5 Å². The molecule has 5 nitrogen and oxygen atoms in total. The Morgan fingerprint density at radius 1 is 1.12 bits per heavy atom. The fraction of sp³-hybridized carbons (Fsp3) is 0.263. The van der Waals surface area contributed by atoms with Crippen LogP contribution in [0.25, 0.3) is 0 Å². The van der Waals surface area contributed by atoms with E-state index in [2.05, 4.69) is 10.5 Å². The molecule has 5 heteroatoms. The number of methoxy groups -OCH3 is 1. The molecule has 0 saturated heterocycles. The van der Waals surface area contributed by atoms with Crippen molar-refractivity contribution in [3.63, 3.8) is 0 Å². The van der Waals surface area contributed by atoms with Crippen LogP contribution in [0.2, 0.25) is 0 Å². The predicted octanol–water partition coefficient (Wildman–Crippen LogP) is 3.47. The molecule has 0 unspecified atom stereocenters. The van der Waals surface area contributed by atoms with Crippen LogP contribution in [0, 0.1) is 13.8 Å². The quantitative estimate of drug-likeness (QED) is 0.653. The fourth-order valence-corrected chi connectivity index (χ4v) is 2.15. The normalized spacial score (nSPS) is 10.7. The van der Waals surface area contributed by atoms with E-state index in [9.17, 15) is 4.79 Å². The van der Waals surface area contributed by atoms with E-state index < -0.39 is 0 Å². The van der Waals surface area contributed by atoms with Gasteiger partial charge in [0.25, 0.3) is 5.91 Å². The van der Waals surface area contributed by atoms with E-state index in [0.29, 0.717) is 23.7 Å². The third-order valence-corrected chi connectivity index (χ3v) is 3.64. The number of carbonyl (C=O) groups excluding carboxylic acids is 1. The smallest absolute Gasteiger partial charge is 0.271 e. The molecule has 0 aliphatic rings. The second-order valence-electron chi connectivity index (χ2n) is 5.34. The number of rotatable bonds is 6. The maximum Gasteiger partial charge on any atom is 0.271 e. The van der Waals surface area contributed by atoms with Gasteiger partial charge in [0, 0.05) is 5.56 Å². The highest BCUT2D eigenvalue weighted by atomic mass is 16.5. The minimum absolute atomic E-state index is 0.243. The fourth-order valence-electron chi connectivity index (χ4n) is 2.15. The molecule has 0 bridgehead atoms. The van der Waals surface area contributed by atoms with Crippen molar-refractivity contribution in [1.29, 1.82) is 0 Å². The molecule has 126 valence electrons. The first-order valence-electron chi connectivity index (χ1n) is 7.76. The van der Waals surface area contributed by atoms with Crippen molar-refractivity contribution in [2.75, 3.05) is 13.7 Å². The van der Waals surface area contributed by atoms with Crippen LogP contribution in [-0.2, 0) is 0 Å². The zero-order valence-electron chi connectivity index (χ0n) is 14.4. The second-order valence-corrected chi connectivity index (χ2v) is 5.34. The lowest BCUT2D eigenvalue weighted by Gasteiger charge is -2.09. The van der Waals surface area contributed by atoms with Crippen LogP contribution in [-0.4, -0.2) is 25.8 Å². The van der Waals surface area contributed by atoms with Crippen molar-refractivity contribution in [3.8, 4) is 11.5 Å². The molecule has 0 heterocycles. The van der Waals surface area contributed by atoms with Crippen LogP contribution >= 0.6 is 0 Å². The highest BCUT2D eigenvalue weighted by Gasteiger charge is 2.06. The first-order chi connectivity index (χ1) is 11.5. The molecule has 0 aliphatic carbocycles. The van der Waals surface area contributed by atoms with E-state index in [-0.39, 0.29) is 5.91 Å². The summed E-state index contributed by atoms with van der Waals surface area (Å²) in [7, 11) is 1.58. The lowest BCUT2D eigenvalue weighted by molar-refractivity contribution is 0.0955. The van der Waals surface area contributed by atoms with E-state index in [1.807, 2.05) is 45.0 Å². The zero-order valence-corrected chi connectivity index (χ0v) is 14.4. The van der Waals surface area contributed by atoms with Crippen LogP contribution in [0.1, 0.15) is 34.0 Å². The Bertz CT molecular complexity index is 754. The number of hydrogen-bond acceptors (Lipinski definition) is 4. The number of carbonyl (C=O) groups is 1. The highest BCUT2D eigenvalue weighted by Crippen LogP contribution is 2.27. The van der Waals surface area contributed by atoms with Crippen molar-refractivity contribution >= 4 is 12.1 Å². The molecular weight excluding hydrogens is 304 g/mol. The Hall–Kier alpha value is -2.82. The van der Waals surface area contributed by atoms with E-state index in [1.54, 1.807) is 25.5 Å². The Balaban J connectivity index is 2.05. The molecule has 2 aromatic rings. The minimum Gasteiger partial charge on any atom is -0.493 e. The lowest BCUT2D eigenvalue weighted by Crippen LogP contribution is -2.17. The number of benzene rings is 2. The number of hydrazone groups is 1. The van der Waals surface area contributed by atoms with Crippen LogP contribution in [0.3, 0.4) is 0 Å². The number of nitrogens with one attached hydrogen (secondary N) is 1. The summed E-state index contributed by atoms with van der Waals surface area (Å²) in [5, 5.41) is 4.00. The predicted molar refractivity (Wildman–Crippen MR) is 95.1 cm³/mol. The topological polar surface area (TPSA) is 59.9 Å². The monoisotopic (exact) mass is 326 g/mol. The molecule has 2 aromatic carbocycles. The van der Waals surface area contributed by atoms with Crippen molar-refractivity contribution in [2.24, 2.45) is 5.10 Å². The molecule has 0 fully saturated rings. The Kier molecular flexibility index (Phi) is 5.95. The Morgan fingerprint density at radius 3 is 2.58 bits per heavy atom. The van der Waals surface area contributed by atoms with Crippen molar-refractivity contribution in [1.82, 2.24) is 5.43 Å². The minimum atomic E-state index is -0.243. The SMILES string of the molecule is CCOc1ccc(/C=N/NC(=O)c2ccc(C)c(C)c2)cc1OC. The van der Waals surface area contributed by atoms with Crippen LogP contribution < -0.4 is 14.9 Å². The molecule has 0 aliphatic heterocycles. The number of amides is 1. The van der Waals surface area contributed by atoms with Gasteiger partial charge in [0.1, 0.15) is 0 Å². The number of hydrogen-bond donors (Lipinski definition) is 1. The maximum absolute atomic E-state index is 12.1. The third-order valence-electron chi connectivity index (χ3n) is 3.64. The van der Waals surface area contributed by atoms with Crippen LogP contribution in [0.4, 0.5) is 0 Å². The highest BCUT2D eigenvalue weighted by molar-refractivity contribution is 5.95. The molecule has 24 heavy (non-hydrogen) atoms. The molecule has 1 amide bonds. The standard InChI is InChI=1S/C19H22N2O3/c1-5-24-17-9-7-15(11-18(17)23-4)12-20-21-19(22)16-8-6-13(2)14(3)10-16/h6-12H,5H2,1-4H3,(H,21,22)/b20-12+. The summed E-state index contributed by atoms with van der Waals surface area (Å²) in [6.45, 7) is 6.46. The molecule has 0 saturated carbocycles. The van der Waals surface area contributed by atoms with E-state index in [4.69, 9.17) is 9.47 Å². The van der Waals surface area contributed by atoms with Gasteiger partial charge in [-0.3, -0.25) is 4.79 Å². The third kappa shape index (κ3) is 4.35. The van der Waals surface area contributed by atoms with Gasteiger partial charge in [0.15, 0.2) is 11.5 Å². The summed E-state index contributed by atoms with van der Waals surface area (Å²) < 4.78 is 10.8. The van der Waals surface area contributed by atoms with E-state index in [1.165, 1.54) is 0 Å². The summed E-state index contributed by atoms with van der Waals surface area (Å²) in [6.07, 6.45) is 1.57. The van der Waals surface area contributed by atoms with Gasteiger partial charge in [0.2, 0.25) is 0 Å². The molecule has 0 radical (unpaired) electrons. The molecule has 0 spiro atoms. The van der Waals surface area contributed by atoms with Gasteiger partial charge < -0.3 is 9.47 Å². The number of ether oxygens (including phenoxy) is 2. The van der Waals surface area contributed by atoms with Gasteiger partial charge in [-0.2, -0.15) is 5.10 Å². The molecule has 1 N–H and O–H groups in total. The average molecular weight is 326 g/mol. The second kappa shape index (κ2) is 8.15. The molecule has 0 atom stereocenters. The lowest BCUT2D eigenvalue weighted by atomic mass is 10.1. The molecule has 2 rings (SSSR count). The first kappa shape index (κ1) is 17.5. The summed E-state index contributed by atoms with van der Waals surface area (Å²) in [5.74, 6) is 1.06. The number of nitrogens with zero attached hydrogens (tertiary/aromatic N) is 1. The molecular formula is C19H22N2O3. The van der Waals surface area contributed by atoms with Crippen molar-refractivity contribution < 1.29 is 14.3 Å². The maximum atomic E-state index is 12.1. The largest absolute Gasteiger partial charge is 0.493 e. The Labute approximate surface area is 142 Å². The van der Waals surface area contributed by atoms with E-state index >= 15 is 0 Å². The first-order valence-corrected chi connectivity index (χ1v) is 7.76.